The van der Waals surface area contributed by atoms with E-state index in [1.165, 1.54) is 56.9 Å². The molecular weight excluding hydrogens is 488 g/mol. The molecule has 7 nitrogen and oxygen atoms in total. The van der Waals surface area contributed by atoms with Gasteiger partial charge in [0.15, 0.2) is 0 Å². The molecule has 0 radical (unpaired) electrons. The van der Waals surface area contributed by atoms with Crippen molar-refractivity contribution < 1.29 is 14.7 Å². The van der Waals surface area contributed by atoms with Gasteiger partial charge in [0.05, 0.1) is 0 Å². The van der Waals surface area contributed by atoms with E-state index in [0.717, 1.165) is 17.7 Å². The van der Waals surface area contributed by atoms with Crippen molar-refractivity contribution in [2.45, 2.75) is 81.3 Å². The van der Waals surface area contributed by atoms with E-state index in [0.29, 0.717) is 50.5 Å². The molecule has 4 aliphatic rings. The number of hydrogen-bond acceptors (Lipinski definition) is 5. The van der Waals surface area contributed by atoms with Gasteiger partial charge in [-0.05, 0) is 54.5 Å². The van der Waals surface area contributed by atoms with Crippen molar-refractivity contribution in [2.75, 3.05) is 32.7 Å². The van der Waals surface area contributed by atoms with E-state index in [4.69, 9.17) is 0 Å². The number of aliphatic hydroxyl groups is 1. The van der Waals surface area contributed by atoms with Gasteiger partial charge in [-0.15, -0.1) is 0 Å². The molecule has 2 amide bonds. The Morgan fingerprint density at radius 2 is 1.26 bits per heavy atom. The summed E-state index contributed by atoms with van der Waals surface area (Å²) in [5.41, 5.74) is 10.5. The highest BCUT2D eigenvalue weighted by atomic mass is 16.3. The van der Waals surface area contributed by atoms with E-state index in [9.17, 15) is 14.7 Å². The Balaban J connectivity index is 1.08. The third-order valence-corrected chi connectivity index (χ3v) is 9.56. The van der Waals surface area contributed by atoms with Crippen LogP contribution >= 0.6 is 0 Å². The molecule has 4 fully saturated rings. The molecule has 2 heterocycles. The lowest BCUT2D eigenvalue weighted by Crippen LogP contribution is -2.53. The van der Waals surface area contributed by atoms with E-state index in [1.54, 1.807) is 4.90 Å². The Morgan fingerprint density at radius 1 is 0.718 bits per heavy atom. The van der Waals surface area contributed by atoms with Gasteiger partial charge >= 0.3 is 0 Å². The highest BCUT2D eigenvalue weighted by Gasteiger charge is 2.50. The lowest BCUT2D eigenvalue weighted by molar-refractivity contribution is -0.143. The van der Waals surface area contributed by atoms with Gasteiger partial charge in [0.2, 0.25) is 0 Å². The number of nitrogens with zero attached hydrogens (tertiary/aromatic N) is 2. The third-order valence-electron chi connectivity index (χ3n) is 9.56. The normalized spacial score (nSPS) is 24.6. The number of benzene rings is 2. The summed E-state index contributed by atoms with van der Waals surface area (Å²) in [5, 5.41) is 10.1. The van der Waals surface area contributed by atoms with Crippen LogP contribution in [0.15, 0.2) is 48.5 Å². The topological polar surface area (TPSA) is 84.9 Å². The Morgan fingerprint density at radius 3 is 1.85 bits per heavy atom. The molecule has 2 aromatic carbocycles. The van der Waals surface area contributed by atoms with E-state index in [1.807, 2.05) is 29.2 Å². The lowest BCUT2D eigenvalue weighted by Gasteiger charge is -2.35. The second-order valence-electron chi connectivity index (χ2n) is 12.2. The average molecular weight is 531 g/mol. The van der Waals surface area contributed by atoms with Crippen LogP contribution in [-0.2, 0) is 4.79 Å². The van der Waals surface area contributed by atoms with Crippen LogP contribution in [-0.4, -0.2) is 70.6 Å². The van der Waals surface area contributed by atoms with Crippen molar-refractivity contribution in [1.82, 2.24) is 20.7 Å². The molecule has 0 bridgehead atoms. The van der Waals surface area contributed by atoms with E-state index >= 15 is 0 Å². The number of rotatable bonds is 4. The van der Waals surface area contributed by atoms with Gasteiger partial charge in [-0.25, -0.2) is 0 Å². The third kappa shape index (κ3) is 5.49. The van der Waals surface area contributed by atoms with Crippen LogP contribution in [0.5, 0.6) is 0 Å². The summed E-state index contributed by atoms with van der Waals surface area (Å²) in [6, 6.07) is 16.9. The van der Waals surface area contributed by atoms with Gasteiger partial charge < -0.3 is 14.9 Å². The monoisotopic (exact) mass is 530 g/mol. The van der Waals surface area contributed by atoms with Gasteiger partial charge in [0, 0.05) is 49.7 Å². The molecule has 0 aromatic heterocycles. The van der Waals surface area contributed by atoms with Gasteiger partial charge in [-0.3, -0.25) is 20.4 Å². The molecular formula is C32H42N4O3. The van der Waals surface area contributed by atoms with Gasteiger partial charge in [0.25, 0.3) is 11.8 Å². The highest BCUT2D eigenvalue weighted by Crippen LogP contribution is 2.40. The summed E-state index contributed by atoms with van der Waals surface area (Å²) in [6.45, 7) is 2.92. The first kappa shape index (κ1) is 26.5. The minimum atomic E-state index is -1.14. The van der Waals surface area contributed by atoms with Crippen LogP contribution in [0.2, 0.25) is 0 Å². The minimum Gasteiger partial charge on any atom is -0.380 e. The maximum Gasteiger partial charge on any atom is 0.254 e. The maximum absolute atomic E-state index is 13.1. The Hall–Kier alpha value is -2.74. The summed E-state index contributed by atoms with van der Waals surface area (Å²) in [5.74, 6) is 0.295. The molecule has 7 heteroatoms. The number of piperazine rings is 1. The van der Waals surface area contributed by atoms with Crippen molar-refractivity contribution in [1.29, 1.82) is 0 Å². The minimum absolute atomic E-state index is 0.00402. The van der Waals surface area contributed by atoms with Crippen molar-refractivity contribution in [3.8, 4) is 11.1 Å². The van der Waals surface area contributed by atoms with Crippen LogP contribution in [0.25, 0.3) is 11.1 Å². The molecule has 2 saturated carbocycles. The first-order chi connectivity index (χ1) is 19.0. The molecule has 1 spiro atoms. The van der Waals surface area contributed by atoms with Gasteiger partial charge in [-0.1, -0.05) is 74.9 Å². The van der Waals surface area contributed by atoms with Crippen LogP contribution in [0.3, 0.4) is 0 Å². The molecule has 39 heavy (non-hydrogen) atoms. The Bertz CT molecular complexity index is 1160. The number of hydrazine groups is 1. The SMILES string of the molecule is O=C(c1ccc(-c2ccc(C3CNNC34CCCCCCCC4)cc2)cc1)N1CCN(C(=O)C2(O)CC2)CC1. The van der Waals surface area contributed by atoms with Crippen LogP contribution in [0.4, 0.5) is 0 Å². The molecule has 6 rings (SSSR count). The average Bonchev–Trinajstić information content (AvgIpc) is 3.57. The summed E-state index contributed by atoms with van der Waals surface area (Å²) in [7, 11) is 0. The quantitative estimate of drug-likeness (QED) is 0.551. The maximum atomic E-state index is 13.1. The van der Waals surface area contributed by atoms with Crippen molar-refractivity contribution in [3.05, 3.63) is 59.7 Å². The van der Waals surface area contributed by atoms with E-state index in [2.05, 4.69) is 35.1 Å². The number of nitrogens with one attached hydrogen (secondary N) is 2. The summed E-state index contributed by atoms with van der Waals surface area (Å²) in [6.07, 6.45) is 11.6. The van der Waals surface area contributed by atoms with Crippen molar-refractivity contribution in [3.63, 3.8) is 0 Å². The lowest BCUT2D eigenvalue weighted by atomic mass is 9.74. The zero-order valence-electron chi connectivity index (χ0n) is 23.0. The summed E-state index contributed by atoms with van der Waals surface area (Å²) >= 11 is 0. The number of hydrogen-bond donors (Lipinski definition) is 3. The molecule has 1 atom stereocenters. The van der Waals surface area contributed by atoms with Gasteiger partial charge in [-0.2, -0.15) is 0 Å². The predicted octanol–water partition coefficient (Wildman–Crippen LogP) is 4.23. The van der Waals surface area contributed by atoms with Crippen LogP contribution in [0, 0.1) is 0 Å². The summed E-state index contributed by atoms with van der Waals surface area (Å²) in [4.78, 5) is 29.0. The molecule has 2 aliphatic heterocycles. The molecule has 208 valence electrons. The zero-order valence-corrected chi connectivity index (χ0v) is 23.0. The largest absolute Gasteiger partial charge is 0.380 e. The number of carbonyl (C=O) groups excluding carboxylic acids is 2. The second kappa shape index (κ2) is 11.0. The first-order valence-electron chi connectivity index (χ1n) is 15.0. The van der Waals surface area contributed by atoms with Crippen LogP contribution < -0.4 is 10.9 Å². The molecule has 2 aliphatic carbocycles. The van der Waals surface area contributed by atoms with Crippen molar-refractivity contribution in [2.24, 2.45) is 0 Å². The number of amides is 2. The smallest absolute Gasteiger partial charge is 0.254 e. The highest BCUT2D eigenvalue weighted by molar-refractivity contribution is 5.95. The second-order valence-corrected chi connectivity index (χ2v) is 12.2. The molecule has 1 unspecified atom stereocenters. The van der Waals surface area contributed by atoms with E-state index in [-0.39, 0.29) is 17.4 Å². The Labute approximate surface area is 231 Å². The van der Waals surface area contributed by atoms with Crippen molar-refractivity contribution >= 4 is 11.8 Å². The molecule has 2 aromatic rings. The number of carbonyl (C=O) groups is 2. The fourth-order valence-corrected chi connectivity index (χ4v) is 6.87. The first-order valence-corrected chi connectivity index (χ1v) is 15.0. The Kier molecular flexibility index (Phi) is 7.49. The predicted molar refractivity (Wildman–Crippen MR) is 152 cm³/mol. The fraction of sp³-hybridized carbons (Fsp3) is 0.562. The van der Waals surface area contributed by atoms with Crippen LogP contribution in [0.1, 0.15) is 86.0 Å². The molecule has 2 saturated heterocycles. The zero-order chi connectivity index (χ0) is 26.9. The van der Waals surface area contributed by atoms with Gasteiger partial charge in [0.1, 0.15) is 5.60 Å². The molecule has 3 N–H and O–H groups in total. The van der Waals surface area contributed by atoms with E-state index < -0.39 is 5.60 Å². The fourth-order valence-electron chi connectivity index (χ4n) is 6.87. The standard InChI is InChI=1S/C32H42N4O3/c37-29(35-19-21-36(22-20-35)30(38)32(39)17-18-32)27-13-9-25(10-14-27)24-7-11-26(12-8-24)28-23-33-34-31(28)15-5-3-1-2-4-6-16-31/h7-14,28,33-34,39H,1-6,15-23H2. The summed E-state index contributed by atoms with van der Waals surface area (Å²) < 4.78 is 0.